The fraction of sp³-hybridized carbons (Fsp3) is 0.211. The van der Waals surface area contributed by atoms with Crippen molar-refractivity contribution in [3.05, 3.63) is 54.1 Å². The van der Waals surface area contributed by atoms with Crippen LogP contribution in [0.4, 0.5) is 5.69 Å². The van der Waals surface area contributed by atoms with Crippen LogP contribution < -0.4 is 20.5 Å². The molecule has 0 saturated heterocycles. The van der Waals surface area contributed by atoms with Gasteiger partial charge in [-0.2, -0.15) is 0 Å². The summed E-state index contributed by atoms with van der Waals surface area (Å²) in [7, 11) is 0. The molecule has 140 valence electrons. The van der Waals surface area contributed by atoms with Crippen LogP contribution in [0.3, 0.4) is 0 Å². The van der Waals surface area contributed by atoms with Crippen LogP contribution in [-0.2, 0) is 14.3 Å². The van der Waals surface area contributed by atoms with E-state index in [4.69, 9.17) is 19.9 Å². The molecule has 0 unspecified atom stereocenters. The van der Waals surface area contributed by atoms with Crippen LogP contribution >= 0.6 is 0 Å². The number of anilines is 1. The third-order valence-electron chi connectivity index (χ3n) is 3.87. The quantitative estimate of drug-likeness (QED) is 0.770. The van der Waals surface area contributed by atoms with E-state index >= 15 is 0 Å². The van der Waals surface area contributed by atoms with Gasteiger partial charge < -0.3 is 25.3 Å². The number of fused-ring (bicyclic) bond motifs is 1. The Hall–Kier alpha value is -3.55. The molecule has 0 radical (unpaired) electrons. The van der Waals surface area contributed by atoms with E-state index in [0.29, 0.717) is 22.7 Å². The average molecular weight is 370 g/mol. The maximum atomic E-state index is 12.2. The number of primary amides is 1. The first-order valence-corrected chi connectivity index (χ1v) is 8.24. The van der Waals surface area contributed by atoms with Crippen molar-refractivity contribution in [1.82, 2.24) is 0 Å². The monoisotopic (exact) mass is 370 g/mol. The number of carbonyl (C=O) groups is 3. The largest absolute Gasteiger partial charge is 0.485 e. The van der Waals surface area contributed by atoms with Crippen molar-refractivity contribution >= 4 is 23.5 Å². The summed E-state index contributed by atoms with van der Waals surface area (Å²) >= 11 is 0. The lowest BCUT2D eigenvalue weighted by Gasteiger charge is -2.25. The van der Waals surface area contributed by atoms with E-state index in [-0.39, 0.29) is 6.61 Å². The zero-order chi connectivity index (χ0) is 19.4. The van der Waals surface area contributed by atoms with Gasteiger partial charge in [0.25, 0.3) is 5.91 Å². The summed E-state index contributed by atoms with van der Waals surface area (Å²) < 4.78 is 16.2. The summed E-state index contributed by atoms with van der Waals surface area (Å²) in [6.45, 7) is 1.45. The number of ether oxygens (including phenoxy) is 3. The van der Waals surface area contributed by atoms with Crippen LogP contribution in [0.2, 0.25) is 0 Å². The van der Waals surface area contributed by atoms with E-state index in [1.54, 1.807) is 24.3 Å². The zero-order valence-electron chi connectivity index (χ0n) is 14.5. The number of amides is 2. The fourth-order valence-corrected chi connectivity index (χ4v) is 2.40. The average Bonchev–Trinajstić information content (AvgIpc) is 2.67. The van der Waals surface area contributed by atoms with Gasteiger partial charge in [0.15, 0.2) is 17.6 Å². The Bertz CT molecular complexity index is 865. The Labute approximate surface area is 155 Å². The summed E-state index contributed by atoms with van der Waals surface area (Å²) in [5, 5.41) is 2.59. The summed E-state index contributed by atoms with van der Waals surface area (Å²) in [4.78, 5) is 35.5. The predicted octanol–water partition coefficient (Wildman–Crippen LogP) is 1.50. The number of nitrogens with two attached hydrogens (primary N) is 1. The van der Waals surface area contributed by atoms with Crippen LogP contribution in [0.5, 0.6) is 11.5 Å². The maximum Gasteiger partial charge on any atom is 0.351 e. The molecular formula is C19H18N2O6. The van der Waals surface area contributed by atoms with Crippen molar-refractivity contribution in [1.29, 1.82) is 0 Å². The molecular weight excluding hydrogens is 352 g/mol. The lowest BCUT2D eigenvalue weighted by Crippen LogP contribution is -2.41. The molecule has 27 heavy (non-hydrogen) atoms. The van der Waals surface area contributed by atoms with Crippen molar-refractivity contribution in [3.8, 4) is 11.5 Å². The van der Waals surface area contributed by atoms with Crippen LogP contribution in [0.15, 0.2) is 48.5 Å². The van der Waals surface area contributed by atoms with Crippen molar-refractivity contribution in [2.75, 3.05) is 11.9 Å². The maximum absolute atomic E-state index is 12.2. The van der Waals surface area contributed by atoms with Gasteiger partial charge in [0.05, 0.1) is 0 Å². The van der Waals surface area contributed by atoms with E-state index < -0.39 is 30.0 Å². The van der Waals surface area contributed by atoms with Crippen LogP contribution in [0, 0.1) is 0 Å². The minimum atomic E-state index is -1.05. The SMILES string of the molecule is C[C@@H](OC(=O)[C@@H]1COc2ccccc2O1)C(=O)Nc1ccc(C(N)=O)cc1. The first kappa shape index (κ1) is 18.2. The Balaban J connectivity index is 1.55. The lowest BCUT2D eigenvalue weighted by molar-refractivity contribution is -0.162. The molecule has 0 aliphatic carbocycles. The fourth-order valence-electron chi connectivity index (χ4n) is 2.40. The molecule has 2 aromatic carbocycles. The van der Waals surface area contributed by atoms with Crippen molar-refractivity contribution in [2.45, 2.75) is 19.1 Å². The van der Waals surface area contributed by atoms with Crippen molar-refractivity contribution in [2.24, 2.45) is 5.73 Å². The second kappa shape index (κ2) is 7.77. The molecule has 0 spiro atoms. The highest BCUT2D eigenvalue weighted by Gasteiger charge is 2.31. The normalized spacial score (nSPS) is 16.1. The molecule has 0 fully saturated rings. The van der Waals surface area contributed by atoms with Gasteiger partial charge in [0.2, 0.25) is 12.0 Å². The number of para-hydroxylation sites is 2. The molecule has 0 saturated carbocycles. The molecule has 3 rings (SSSR count). The molecule has 8 heteroatoms. The van der Waals surface area contributed by atoms with Crippen molar-refractivity contribution in [3.63, 3.8) is 0 Å². The van der Waals surface area contributed by atoms with Crippen LogP contribution in [0.25, 0.3) is 0 Å². The Kier molecular flexibility index (Phi) is 5.25. The topological polar surface area (TPSA) is 117 Å². The highest BCUT2D eigenvalue weighted by molar-refractivity contribution is 5.97. The Morgan fingerprint density at radius 1 is 1.11 bits per heavy atom. The number of rotatable bonds is 5. The minimum Gasteiger partial charge on any atom is -0.485 e. The van der Waals surface area contributed by atoms with Gasteiger partial charge in [-0.05, 0) is 43.3 Å². The molecule has 1 aliphatic rings. The Morgan fingerprint density at radius 3 is 2.44 bits per heavy atom. The van der Waals surface area contributed by atoms with Gasteiger partial charge in [0, 0.05) is 11.3 Å². The highest BCUT2D eigenvalue weighted by atomic mass is 16.6. The molecule has 2 atom stereocenters. The number of esters is 1. The van der Waals surface area contributed by atoms with E-state index in [1.807, 2.05) is 0 Å². The number of carbonyl (C=O) groups excluding carboxylic acids is 3. The van der Waals surface area contributed by atoms with Gasteiger partial charge in [-0.3, -0.25) is 9.59 Å². The number of nitrogens with one attached hydrogen (secondary N) is 1. The van der Waals surface area contributed by atoms with E-state index in [9.17, 15) is 14.4 Å². The summed E-state index contributed by atoms with van der Waals surface area (Å²) in [5.41, 5.74) is 5.93. The van der Waals surface area contributed by atoms with Crippen LogP contribution in [-0.4, -0.2) is 36.6 Å². The van der Waals surface area contributed by atoms with Crippen LogP contribution in [0.1, 0.15) is 17.3 Å². The Morgan fingerprint density at radius 2 is 1.78 bits per heavy atom. The second-order valence-corrected chi connectivity index (χ2v) is 5.87. The van der Waals surface area contributed by atoms with Gasteiger partial charge in [-0.25, -0.2) is 4.79 Å². The number of benzene rings is 2. The third kappa shape index (κ3) is 4.35. The van der Waals surface area contributed by atoms with E-state index in [2.05, 4.69) is 5.32 Å². The van der Waals surface area contributed by atoms with Gasteiger partial charge in [-0.15, -0.1) is 0 Å². The van der Waals surface area contributed by atoms with E-state index in [1.165, 1.54) is 31.2 Å². The van der Waals surface area contributed by atoms with Gasteiger partial charge in [0.1, 0.15) is 6.61 Å². The molecule has 0 bridgehead atoms. The molecule has 2 amide bonds. The number of hydrogen-bond acceptors (Lipinski definition) is 6. The predicted molar refractivity (Wildman–Crippen MR) is 95.5 cm³/mol. The number of hydrogen-bond donors (Lipinski definition) is 2. The first-order chi connectivity index (χ1) is 12.9. The lowest BCUT2D eigenvalue weighted by atomic mass is 10.2. The van der Waals surface area contributed by atoms with E-state index in [0.717, 1.165) is 0 Å². The molecule has 8 nitrogen and oxygen atoms in total. The van der Waals surface area contributed by atoms with Gasteiger partial charge in [-0.1, -0.05) is 12.1 Å². The molecule has 3 N–H and O–H groups in total. The van der Waals surface area contributed by atoms with Crippen molar-refractivity contribution < 1.29 is 28.6 Å². The summed E-state index contributed by atoms with van der Waals surface area (Å²) in [6, 6.07) is 13.0. The molecule has 2 aromatic rings. The third-order valence-corrected chi connectivity index (χ3v) is 3.87. The first-order valence-electron chi connectivity index (χ1n) is 8.24. The molecule has 1 aliphatic heterocycles. The minimum absolute atomic E-state index is 0.00123. The van der Waals surface area contributed by atoms with Gasteiger partial charge >= 0.3 is 5.97 Å². The standard InChI is InChI=1S/C19H18N2O6/c1-11(18(23)21-13-8-6-12(7-9-13)17(20)22)26-19(24)16-10-25-14-4-2-3-5-15(14)27-16/h2-9,11,16H,10H2,1H3,(H2,20,22)(H,21,23)/t11-,16+/m1/s1. The highest BCUT2D eigenvalue weighted by Crippen LogP contribution is 2.31. The smallest absolute Gasteiger partial charge is 0.351 e. The molecule has 1 heterocycles. The summed E-state index contributed by atoms with van der Waals surface area (Å²) in [6.07, 6.45) is -2.00. The summed E-state index contributed by atoms with van der Waals surface area (Å²) in [5.74, 6) is -0.793. The second-order valence-electron chi connectivity index (χ2n) is 5.87. The zero-order valence-corrected chi connectivity index (χ0v) is 14.5. The molecule has 0 aromatic heterocycles.